The number of aryl methyl sites for hydroxylation is 2. The van der Waals surface area contributed by atoms with Crippen LogP contribution in [0.4, 0.5) is 10.1 Å². The average Bonchev–Trinajstić information content (AvgIpc) is 2.71. The topological polar surface area (TPSA) is 78.9 Å². The van der Waals surface area contributed by atoms with Crippen LogP contribution in [0.25, 0.3) is 0 Å². The third kappa shape index (κ3) is 2.60. The van der Waals surface area contributed by atoms with E-state index < -0.39 is 11.7 Å². The van der Waals surface area contributed by atoms with Gasteiger partial charge in [0.1, 0.15) is 5.82 Å². The normalized spacial score (nSPS) is 10.0. The number of oxazole rings is 1. The monoisotopic (exact) mass is 259 g/mol. The van der Waals surface area contributed by atoms with Crippen LogP contribution in [0.15, 0.2) is 22.6 Å². The van der Waals surface area contributed by atoms with Crippen molar-refractivity contribution in [2.45, 2.75) is 13.8 Å². The minimum atomic E-state index is -0.679. The van der Waals surface area contributed by atoms with E-state index in [0.717, 1.165) is 6.07 Å². The average molecular weight is 259 g/mol. The van der Waals surface area contributed by atoms with Gasteiger partial charge in [0.05, 0.1) is 23.0 Å². The van der Waals surface area contributed by atoms with Crippen molar-refractivity contribution in [2.75, 3.05) is 5.32 Å². The summed E-state index contributed by atoms with van der Waals surface area (Å²) in [6.07, 6.45) is 0. The minimum absolute atomic E-state index is 0.0162. The molecule has 96 valence electrons. The van der Waals surface area contributed by atoms with E-state index in [9.17, 15) is 9.18 Å². The summed E-state index contributed by atoms with van der Waals surface area (Å²) in [6, 6.07) is 5.60. The second-order valence-electron chi connectivity index (χ2n) is 3.91. The second-order valence-corrected chi connectivity index (χ2v) is 3.91. The molecular weight excluding hydrogens is 249 g/mol. The Bertz CT molecular complexity index is 686. The lowest BCUT2D eigenvalue weighted by molar-refractivity contribution is 0.0994. The highest BCUT2D eigenvalue weighted by molar-refractivity contribution is 6.03. The molecule has 2 aromatic rings. The Kier molecular flexibility index (Phi) is 3.29. The van der Waals surface area contributed by atoms with Gasteiger partial charge in [-0.1, -0.05) is 0 Å². The zero-order valence-electron chi connectivity index (χ0n) is 10.3. The second kappa shape index (κ2) is 4.90. The molecule has 1 N–H and O–H groups in total. The van der Waals surface area contributed by atoms with Gasteiger partial charge in [0.25, 0.3) is 5.91 Å². The Labute approximate surface area is 108 Å². The van der Waals surface area contributed by atoms with Gasteiger partial charge in [-0.05, 0) is 25.1 Å². The number of rotatable bonds is 2. The number of amides is 1. The molecule has 0 bridgehead atoms. The molecule has 0 fully saturated rings. The van der Waals surface area contributed by atoms with Crippen molar-refractivity contribution in [3.8, 4) is 6.07 Å². The SMILES string of the molecule is Cc1nc(C)c(C(=O)Nc2ccc(C#N)cc2F)o1. The van der Waals surface area contributed by atoms with E-state index in [1.54, 1.807) is 13.8 Å². The Morgan fingerprint density at radius 1 is 1.47 bits per heavy atom. The van der Waals surface area contributed by atoms with Crippen LogP contribution in [-0.4, -0.2) is 10.9 Å². The van der Waals surface area contributed by atoms with E-state index in [2.05, 4.69) is 10.3 Å². The number of anilines is 1. The van der Waals surface area contributed by atoms with Gasteiger partial charge < -0.3 is 9.73 Å². The van der Waals surface area contributed by atoms with Gasteiger partial charge in [0.2, 0.25) is 5.76 Å². The van der Waals surface area contributed by atoms with Crippen LogP contribution in [-0.2, 0) is 0 Å². The summed E-state index contributed by atoms with van der Waals surface area (Å²) < 4.78 is 18.7. The molecule has 1 aromatic carbocycles. The van der Waals surface area contributed by atoms with Crippen molar-refractivity contribution in [2.24, 2.45) is 0 Å². The van der Waals surface area contributed by atoms with Crippen LogP contribution in [0.1, 0.15) is 27.7 Å². The molecule has 2 rings (SSSR count). The van der Waals surface area contributed by atoms with E-state index in [4.69, 9.17) is 9.68 Å². The van der Waals surface area contributed by atoms with Crippen molar-refractivity contribution in [1.29, 1.82) is 5.26 Å². The zero-order valence-corrected chi connectivity index (χ0v) is 10.3. The van der Waals surface area contributed by atoms with Gasteiger partial charge in [0.15, 0.2) is 5.89 Å². The number of aromatic nitrogens is 1. The highest BCUT2D eigenvalue weighted by Crippen LogP contribution is 2.18. The van der Waals surface area contributed by atoms with Gasteiger partial charge in [-0.2, -0.15) is 5.26 Å². The van der Waals surface area contributed by atoms with Crippen molar-refractivity contribution in [3.05, 3.63) is 46.9 Å². The van der Waals surface area contributed by atoms with E-state index in [1.807, 2.05) is 6.07 Å². The molecule has 0 radical (unpaired) electrons. The van der Waals surface area contributed by atoms with E-state index in [0.29, 0.717) is 11.6 Å². The number of carbonyl (C=O) groups excluding carboxylic acids is 1. The Morgan fingerprint density at radius 3 is 2.74 bits per heavy atom. The molecule has 1 aromatic heterocycles. The van der Waals surface area contributed by atoms with Gasteiger partial charge in [-0.15, -0.1) is 0 Å². The minimum Gasteiger partial charge on any atom is -0.436 e. The maximum absolute atomic E-state index is 13.6. The molecule has 0 aliphatic carbocycles. The first-order chi connectivity index (χ1) is 9.01. The number of hydrogen-bond donors (Lipinski definition) is 1. The van der Waals surface area contributed by atoms with E-state index >= 15 is 0 Å². The van der Waals surface area contributed by atoms with Crippen LogP contribution in [0.2, 0.25) is 0 Å². The van der Waals surface area contributed by atoms with Gasteiger partial charge in [0, 0.05) is 6.92 Å². The molecule has 19 heavy (non-hydrogen) atoms. The summed E-state index contributed by atoms with van der Waals surface area (Å²) in [7, 11) is 0. The highest BCUT2D eigenvalue weighted by atomic mass is 19.1. The first kappa shape index (κ1) is 12.8. The molecule has 0 aliphatic rings. The number of halogens is 1. The fourth-order valence-corrected chi connectivity index (χ4v) is 1.61. The number of nitriles is 1. The maximum Gasteiger partial charge on any atom is 0.293 e. The predicted octanol–water partition coefficient (Wildman–Crippen LogP) is 2.55. The molecule has 6 heteroatoms. The molecule has 5 nitrogen and oxygen atoms in total. The number of nitrogens with zero attached hydrogens (tertiary/aromatic N) is 2. The highest BCUT2D eigenvalue weighted by Gasteiger charge is 2.17. The lowest BCUT2D eigenvalue weighted by atomic mass is 10.2. The fourth-order valence-electron chi connectivity index (χ4n) is 1.61. The van der Waals surface area contributed by atoms with Gasteiger partial charge in [-0.3, -0.25) is 4.79 Å². The van der Waals surface area contributed by atoms with Crippen molar-refractivity contribution >= 4 is 11.6 Å². The number of nitrogens with one attached hydrogen (secondary N) is 1. The molecule has 1 amide bonds. The van der Waals surface area contributed by atoms with Crippen molar-refractivity contribution < 1.29 is 13.6 Å². The van der Waals surface area contributed by atoms with Crippen molar-refractivity contribution in [1.82, 2.24) is 4.98 Å². The summed E-state index contributed by atoms with van der Waals surface area (Å²) >= 11 is 0. The summed E-state index contributed by atoms with van der Waals surface area (Å²) in [5.74, 6) is -0.854. The number of hydrogen-bond acceptors (Lipinski definition) is 4. The van der Waals surface area contributed by atoms with E-state index in [1.165, 1.54) is 12.1 Å². The van der Waals surface area contributed by atoms with E-state index in [-0.39, 0.29) is 17.0 Å². The smallest absolute Gasteiger partial charge is 0.293 e. The first-order valence-electron chi connectivity index (χ1n) is 5.46. The molecule has 0 saturated carbocycles. The molecular formula is C13H10FN3O2. The Balaban J connectivity index is 2.25. The lowest BCUT2D eigenvalue weighted by Gasteiger charge is -2.04. The summed E-state index contributed by atoms with van der Waals surface area (Å²) in [5, 5.41) is 11.0. The Morgan fingerprint density at radius 2 is 2.21 bits per heavy atom. The molecule has 0 atom stereocenters. The van der Waals surface area contributed by atoms with Crippen LogP contribution in [0, 0.1) is 31.0 Å². The fraction of sp³-hybridized carbons (Fsp3) is 0.154. The molecule has 1 heterocycles. The predicted molar refractivity (Wildman–Crippen MR) is 65.0 cm³/mol. The molecule has 0 unspecified atom stereocenters. The number of benzene rings is 1. The quantitative estimate of drug-likeness (QED) is 0.898. The zero-order chi connectivity index (χ0) is 14.0. The summed E-state index contributed by atoms with van der Waals surface area (Å²) in [6.45, 7) is 3.24. The standard InChI is InChI=1S/C13H10FN3O2/c1-7-12(19-8(2)16-7)13(18)17-11-4-3-9(6-15)5-10(11)14/h3-5H,1-2H3,(H,17,18). The summed E-state index contributed by atoms with van der Waals surface area (Å²) in [5.41, 5.74) is 0.601. The maximum atomic E-state index is 13.6. The van der Waals surface area contributed by atoms with Gasteiger partial charge >= 0.3 is 0 Å². The largest absolute Gasteiger partial charge is 0.436 e. The van der Waals surface area contributed by atoms with Crippen LogP contribution < -0.4 is 5.32 Å². The van der Waals surface area contributed by atoms with Crippen LogP contribution >= 0.6 is 0 Å². The first-order valence-corrected chi connectivity index (χ1v) is 5.46. The summed E-state index contributed by atoms with van der Waals surface area (Å²) in [4.78, 5) is 15.8. The van der Waals surface area contributed by atoms with Crippen LogP contribution in [0.3, 0.4) is 0 Å². The number of carbonyl (C=O) groups is 1. The Hall–Kier alpha value is -2.68. The van der Waals surface area contributed by atoms with Crippen LogP contribution in [0.5, 0.6) is 0 Å². The molecule has 0 spiro atoms. The van der Waals surface area contributed by atoms with Gasteiger partial charge in [-0.25, -0.2) is 9.37 Å². The molecule has 0 aliphatic heterocycles. The third-order valence-corrected chi connectivity index (χ3v) is 2.46. The van der Waals surface area contributed by atoms with Crippen molar-refractivity contribution in [3.63, 3.8) is 0 Å². The lowest BCUT2D eigenvalue weighted by Crippen LogP contribution is -2.13. The third-order valence-electron chi connectivity index (χ3n) is 2.46. The molecule has 0 saturated heterocycles.